The third-order valence-electron chi connectivity index (χ3n) is 2.03. The van der Waals surface area contributed by atoms with Gasteiger partial charge in [-0.3, -0.25) is 9.59 Å². The van der Waals surface area contributed by atoms with Gasteiger partial charge >= 0.3 is 5.97 Å². The zero-order valence-corrected chi connectivity index (χ0v) is 7.67. The van der Waals surface area contributed by atoms with Gasteiger partial charge in [-0.25, -0.2) is 0 Å². The first-order valence-corrected chi connectivity index (χ1v) is 4.36. The molecule has 3 nitrogen and oxygen atoms in total. The van der Waals surface area contributed by atoms with Crippen molar-refractivity contribution in [3.63, 3.8) is 0 Å². The summed E-state index contributed by atoms with van der Waals surface area (Å²) in [5.41, 5.74) is 0. The SMILES string of the molecule is CCC(CC)C(=O)CCC(=O)O. The van der Waals surface area contributed by atoms with Crippen molar-refractivity contribution in [1.29, 1.82) is 0 Å². The number of carboxylic acid groups (broad SMARTS) is 1. The predicted octanol–water partition coefficient (Wildman–Crippen LogP) is 1.86. The van der Waals surface area contributed by atoms with E-state index < -0.39 is 5.97 Å². The number of rotatable bonds is 6. The minimum absolute atomic E-state index is 0.0324. The van der Waals surface area contributed by atoms with Crippen LogP contribution in [0, 0.1) is 5.92 Å². The molecule has 0 unspecified atom stereocenters. The second-order valence-corrected chi connectivity index (χ2v) is 2.87. The molecular weight excluding hydrogens is 156 g/mol. The van der Waals surface area contributed by atoms with E-state index in [0.29, 0.717) is 0 Å². The highest BCUT2D eigenvalue weighted by Crippen LogP contribution is 2.11. The molecule has 0 aliphatic heterocycles. The van der Waals surface area contributed by atoms with Crippen molar-refractivity contribution in [1.82, 2.24) is 0 Å². The monoisotopic (exact) mass is 172 g/mol. The van der Waals surface area contributed by atoms with Gasteiger partial charge in [-0.2, -0.15) is 0 Å². The Hall–Kier alpha value is -0.860. The van der Waals surface area contributed by atoms with Crippen LogP contribution >= 0.6 is 0 Å². The number of aliphatic carboxylic acids is 1. The van der Waals surface area contributed by atoms with Crippen LogP contribution in [0.1, 0.15) is 39.5 Å². The maximum Gasteiger partial charge on any atom is 0.303 e. The Morgan fingerprint density at radius 1 is 1.17 bits per heavy atom. The molecule has 0 fully saturated rings. The molecule has 0 spiro atoms. The summed E-state index contributed by atoms with van der Waals surface area (Å²) in [6.45, 7) is 3.90. The molecular formula is C9H16O3. The largest absolute Gasteiger partial charge is 0.481 e. The number of ketones is 1. The van der Waals surface area contributed by atoms with Gasteiger partial charge in [-0.05, 0) is 12.8 Å². The molecule has 0 rings (SSSR count). The van der Waals surface area contributed by atoms with Gasteiger partial charge in [0.1, 0.15) is 5.78 Å². The van der Waals surface area contributed by atoms with Crippen LogP contribution in [0.15, 0.2) is 0 Å². The van der Waals surface area contributed by atoms with Crippen LogP contribution in [0.4, 0.5) is 0 Å². The summed E-state index contributed by atoms with van der Waals surface area (Å²) in [5, 5.41) is 8.34. The standard InChI is InChI=1S/C9H16O3/c1-3-7(4-2)8(10)5-6-9(11)12/h7H,3-6H2,1-2H3,(H,11,12). The van der Waals surface area contributed by atoms with Crippen LogP contribution in [0.25, 0.3) is 0 Å². The second kappa shape index (κ2) is 5.75. The second-order valence-electron chi connectivity index (χ2n) is 2.87. The first kappa shape index (κ1) is 11.1. The summed E-state index contributed by atoms with van der Waals surface area (Å²) in [6.07, 6.45) is 1.78. The third-order valence-corrected chi connectivity index (χ3v) is 2.03. The van der Waals surface area contributed by atoms with E-state index in [9.17, 15) is 9.59 Å². The Bertz CT molecular complexity index is 159. The van der Waals surface area contributed by atoms with Gasteiger partial charge in [-0.15, -0.1) is 0 Å². The number of hydrogen-bond donors (Lipinski definition) is 1. The van der Waals surface area contributed by atoms with E-state index in [-0.39, 0.29) is 24.5 Å². The lowest BCUT2D eigenvalue weighted by molar-refractivity contribution is -0.139. The fraction of sp³-hybridized carbons (Fsp3) is 0.778. The van der Waals surface area contributed by atoms with Gasteiger partial charge in [0.05, 0.1) is 6.42 Å². The summed E-state index contributed by atoms with van der Waals surface area (Å²) in [7, 11) is 0. The maximum atomic E-state index is 11.2. The van der Waals surface area contributed by atoms with Crippen LogP contribution < -0.4 is 0 Å². The van der Waals surface area contributed by atoms with E-state index in [1.807, 2.05) is 13.8 Å². The third kappa shape index (κ3) is 4.11. The van der Waals surface area contributed by atoms with E-state index >= 15 is 0 Å². The van der Waals surface area contributed by atoms with Crippen molar-refractivity contribution in [3.8, 4) is 0 Å². The number of hydrogen-bond acceptors (Lipinski definition) is 2. The Morgan fingerprint density at radius 2 is 1.67 bits per heavy atom. The lowest BCUT2D eigenvalue weighted by Crippen LogP contribution is -2.13. The van der Waals surface area contributed by atoms with Crippen molar-refractivity contribution in [2.75, 3.05) is 0 Å². The average molecular weight is 172 g/mol. The van der Waals surface area contributed by atoms with Gasteiger partial charge < -0.3 is 5.11 Å². The van der Waals surface area contributed by atoms with Gasteiger partial charge in [0.15, 0.2) is 0 Å². The number of carbonyl (C=O) groups is 2. The highest BCUT2D eigenvalue weighted by Gasteiger charge is 2.14. The summed E-state index contributed by atoms with van der Waals surface area (Å²) < 4.78 is 0. The summed E-state index contributed by atoms with van der Waals surface area (Å²) in [5.74, 6) is -0.749. The molecule has 0 amide bonds. The fourth-order valence-electron chi connectivity index (χ4n) is 1.18. The molecule has 0 aromatic heterocycles. The smallest absolute Gasteiger partial charge is 0.303 e. The van der Waals surface area contributed by atoms with E-state index in [0.717, 1.165) is 12.8 Å². The molecule has 0 heterocycles. The molecule has 12 heavy (non-hydrogen) atoms. The first-order valence-electron chi connectivity index (χ1n) is 4.36. The molecule has 0 saturated heterocycles. The molecule has 0 bridgehead atoms. The van der Waals surface area contributed by atoms with Crippen molar-refractivity contribution in [3.05, 3.63) is 0 Å². The van der Waals surface area contributed by atoms with Gasteiger partial charge in [-0.1, -0.05) is 13.8 Å². The normalized spacial score (nSPS) is 10.2. The quantitative estimate of drug-likeness (QED) is 0.665. The zero-order chi connectivity index (χ0) is 9.56. The summed E-state index contributed by atoms with van der Waals surface area (Å²) >= 11 is 0. The zero-order valence-electron chi connectivity index (χ0n) is 7.67. The van der Waals surface area contributed by atoms with Crippen LogP contribution in [0.3, 0.4) is 0 Å². The molecule has 0 aliphatic rings. The highest BCUT2D eigenvalue weighted by molar-refractivity contribution is 5.84. The van der Waals surface area contributed by atoms with Crippen LogP contribution in [-0.2, 0) is 9.59 Å². The van der Waals surface area contributed by atoms with Crippen LogP contribution in [0.5, 0.6) is 0 Å². The van der Waals surface area contributed by atoms with Crippen molar-refractivity contribution in [2.24, 2.45) is 5.92 Å². The van der Waals surface area contributed by atoms with Crippen LogP contribution in [-0.4, -0.2) is 16.9 Å². The van der Waals surface area contributed by atoms with Gasteiger partial charge in [0.2, 0.25) is 0 Å². The molecule has 70 valence electrons. The summed E-state index contributed by atoms with van der Waals surface area (Å²) in [4.78, 5) is 21.4. The molecule has 0 aromatic carbocycles. The predicted molar refractivity (Wildman–Crippen MR) is 45.9 cm³/mol. The lowest BCUT2D eigenvalue weighted by Gasteiger charge is -2.08. The molecule has 3 heteroatoms. The Labute approximate surface area is 72.8 Å². The van der Waals surface area contributed by atoms with Crippen molar-refractivity contribution >= 4 is 11.8 Å². The Kier molecular flexibility index (Phi) is 5.34. The van der Waals surface area contributed by atoms with Gasteiger partial charge in [0, 0.05) is 12.3 Å². The van der Waals surface area contributed by atoms with Crippen LogP contribution in [0.2, 0.25) is 0 Å². The number of Topliss-reactive ketones (excluding diaryl/α,β-unsaturated/α-hetero) is 1. The van der Waals surface area contributed by atoms with E-state index in [1.165, 1.54) is 0 Å². The minimum atomic E-state index is -0.894. The topological polar surface area (TPSA) is 54.4 Å². The highest BCUT2D eigenvalue weighted by atomic mass is 16.4. The Balaban J connectivity index is 3.77. The maximum absolute atomic E-state index is 11.2. The van der Waals surface area contributed by atoms with Crippen molar-refractivity contribution in [2.45, 2.75) is 39.5 Å². The molecule has 0 saturated carbocycles. The van der Waals surface area contributed by atoms with E-state index in [1.54, 1.807) is 0 Å². The molecule has 0 aliphatic carbocycles. The summed E-state index contributed by atoms with van der Waals surface area (Å²) in [6, 6.07) is 0. The lowest BCUT2D eigenvalue weighted by atomic mass is 9.95. The van der Waals surface area contributed by atoms with Crippen molar-refractivity contribution < 1.29 is 14.7 Å². The Morgan fingerprint density at radius 3 is 2.00 bits per heavy atom. The minimum Gasteiger partial charge on any atom is -0.481 e. The molecule has 0 aromatic rings. The number of carbonyl (C=O) groups excluding carboxylic acids is 1. The fourth-order valence-corrected chi connectivity index (χ4v) is 1.18. The first-order chi connectivity index (χ1) is 5.61. The average Bonchev–Trinajstić information content (AvgIpc) is 2.03. The van der Waals surface area contributed by atoms with E-state index in [2.05, 4.69) is 0 Å². The number of carboxylic acids is 1. The van der Waals surface area contributed by atoms with E-state index in [4.69, 9.17) is 5.11 Å². The van der Waals surface area contributed by atoms with Gasteiger partial charge in [0.25, 0.3) is 0 Å². The molecule has 0 radical (unpaired) electrons. The molecule has 1 N–H and O–H groups in total. The molecule has 0 atom stereocenters.